The molecule has 0 spiro atoms. The Morgan fingerprint density at radius 3 is 3.00 bits per heavy atom. The minimum Gasteiger partial charge on any atom is -0.342 e. The molecular weight excluding hydrogens is 162 g/mol. The number of carbonyl (C=O) groups is 1. The van der Waals surface area contributed by atoms with Crippen LogP contribution in [0.2, 0.25) is 0 Å². The van der Waals surface area contributed by atoms with Crippen molar-refractivity contribution in [1.82, 2.24) is 5.32 Å². The Morgan fingerprint density at radius 1 is 1.73 bits per heavy atom. The molecule has 0 aromatic rings. The molecule has 0 atom stereocenters. The topological polar surface area (TPSA) is 78.9 Å². The highest BCUT2D eigenvalue weighted by atomic mass is 32.2. The molecule has 62 valence electrons. The predicted molar refractivity (Wildman–Crippen MR) is 45.0 cm³/mol. The standard InChI is InChI=1S/C6H11N3OS/c7-1-3-9-6(10)5-11-4-2-8/h2-5,8H2,(H,9,10). The van der Waals surface area contributed by atoms with Gasteiger partial charge in [0.05, 0.1) is 11.8 Å². The summed E-state index contributed by atoms with van der Waals surface area (Å²) in [6.45, 7) is 0.665. The van der Waals surface area contributed by atoms with Crippen molar-refractivity contribution in [1.29, 1.82) is 5.26 Å². The molecule has 0 aliphatic rings. The third-order valence-corrected chi connectivity index (χ3v) is 1.85. The molecule has 0 aliphatic carbocycles. The second-order valence-electron chi connectivity index (χ2n) is 1.78. The van der Waals surface area contributed by atoms with E-state index in [9.17, 15) is 4.79 Å². The van der Waals surface area contributed by atoms with E-state index >= 15 is 0 Å². The lowest BCUT2D eigenvalue weighted by Gasteiger charge is -1.98. The van der Waals surface area contributed by atoms with Crippen LogP contribution in [0, 0.1) is 11.3 Å². The third-order valence-electron chi connectivity index (χ3n) is 0.860. The first-order valence-corrected chi connectivity index (χ1v) is 4.38. The van der Waals surface area contributed by atoms with Crippen LogP contribution < -0.4 is 11.1 Å². The van der Waals surface area contributed by atoms with Gasteiger partial charge in [-0.05, 0) is 0 Å². The number of amides is 1. The molecule has 11 heavy (non-hydrogen) atoms. The highest BCUT2D eigenvalue weighted by Crippen LogP contribution is 1.95. The zero-order valence-electron chi connectivity index (χ0n) is 6.17. The molecule has 3 N–H and O–H groups in total. The maximum Gasteiger partial charge on any atom is 0.230 e. The molecule has 0 saturated heterocycles. The lowest BCUT2D eigenvalue weighted by molar-refractivity contribution is -0.118. The van der Waals surface area contributed by atoms with Gasteiger partial charge in [0.2, 0.25) is 5.91 Å². The normalized spacial score (nSPS) is 8.73. The van der Waals surface area contributed by atoms with Crippen molar-refractivity contribution in [2.45, 2.75) is 0 Å². The lowest BCUT2D eigenvalue weighted by Crippen LogP contribution is -2.25. The van der Waals surface area contributed by atoms with Gasteiger partial charge >= 0.3 is 0 Å². The maximum atomic E-state index is 10.8. The molecule has 0 fully saturated rings. The average Bonchev–Trinajstić information content (AvgIpc) is 2.01. The van der Waals surface area contributed by atoms with Crippen molar-refractivity contribution in [3.63, 3.8) is 0 Å². The minimum atomic E-state index is -0.106. The van der Waals surface area contributed by atoms with E-state index in [1.165, 1.54) is 11.8 Å². The summed E-state index contributed by atoms with van der Waals surface area (Å²) >= 11 is 1.47. The molecule has 0 heterocycles. The zero-order valence-corrected chi connectivity index (χ0v) is 6.99. The fourth-order valence-corrected chi connectivity index (χ4v) is 1.04. The van der Waals surface area contributed by atoms with Gasteiger partial charge < -0.3 is 11.1 Å². The maximum absolute atomic E-state index is 10.8. The molecule has 0 rings (SSSR count). The summed E-state index contributed by atoms with van der Waals surface area (Å²) in [6.07, 6.45) is 0. The number of carbonyl (C=O) groups excluding carboxylic acids is 1. The monoisotopic (exact) mass is 173 g/mol. The molecule has 0 aromatic heterocycles. The first-order valence-electron chi connectivity index (χ1n) is 3.22. The molecule has 0 unspecified atom stereocenters. The van der Waals surface area contributed by atoms with Crippen LogP contribution in [0.4, 0.5) is 0 Å². The summed E-state index contributed by atoms with van der Waals surface area (Å²) in [6, 6.07) is 1.82. The van der Waals surface area contributed by atoms with E-state index in [1.807, 2.05) is 6.07 Å². The summed E-state index contributed by atoms with van der Waals surface area (Å²) in [5.74, 6) is 1.06. The van der Waals surface area contributed by atoms with Crippen molar-refractivity contribution < 1.29 is 4.79 Å². The predicted octanol–water partition coefficient (Wildman–Crippen LogP) is -0.682. The molecule has 5 heteroatoms. The number of nitrogens with two attached hydrogens (primary N) is 1. The highest BCUT2D eigenvalue weighted by Gasteiger charge is 1.97. The van der Waals surface area contributed by atoms with E-state index in [4.69, 9.17) is 11.0 Å². The third kappa shape index (κ3) is 7.16. The summed E-state index contributed by atoms with van der Waals surface area (Å²) in [5, 5.41) is 10.5. The molecule has 0 radical (unpaired) electrons. The fourth-order valence-electron chi connectivity index (χ4n) is 0.437. The van der Waals surface area contributed by atoms with Crippen LogP contribution in [0.1, 0.15) is 0 Å². The van der Waals surface area contributed by atoms with Crippen molar-refractivity contribution in [3.05, 3.63) is 0 Å². The number of hydrogen-bond donors (Lipinski definition) is 2. The molecular formula is C6H11N3OS. The number of nitrogens with zero attached hydrogens (tertiary/aromatic N) is 1. The van der Waals surface area contributed by atoms with Crippen LogP contribution in [-0.4, -0.2) is 30.5 Å². The minimum absolute atomic E-state index is 0.0853. The molecule has 1 amide bonds. The molecule has 4 nitrogen and oxygen atoms in total. The van der Waals surface area contributed by atoms with E-state index in [0.29, 0.717) is 12.3 Å². The van der Waals surface area contributed by atoms with Gasteiger partial charge in [0.1, 0.15) is 6.54 Å². The summed E-state index contributed by atoms with van der Waals surface area (Å²) in [5.41, 5.74) is 5.21. The van der Waals surface area contributed by atoms with Crippen LogP contribution in [0.5, 0.6) is 0 Å². The second-order valence-corrected chi connectivity index (χ2v) is 2.88. The Hall–Kier alpha value is -0.730. The summed E-state index contributed by atoms with van der Waals surface area (Å²) in [4.78, 5) is 10.8. The Bertz CT molecular complexity index is 154. The van der Waals surface area contributed by atoms with Crippen LogP contribution in [0.25, 0.3) is 0 Å². The summed E-state index contributed by atoms with van der Waals surface area (Å²) < 4.78 is 0. The average molecular weight is 173 g/mol. The SMILES string of the molecule is N#CCNC(=O)CSCCN. The van der Waals surface area contributed by atoms with E-state index in [1.54, 1.807) is 0 Å². The van der Waals surface area contributed by atoms with Gasteiger partial charge in [-0.25, -0.2) is 0 Å². The smallest absolute Gasteiger partial charge is 0.230 e. The van der Waals surface area contributed by atoms with Gasteiger partial charge in [-0.1, -0.05) is 0 Å². The van der Waals surface area contributed by atoms with Crippen LogP contribution in [-0.2, 0) is 4.79 Å². The van der Waals surface area contributed by atoms with Crippen LogP contribution in [0.15, 0.2) is 0 Å². The van der Waals surface area contributed by atoms with E-state index in [-0.39, 0.29) is 12.5 Å². The van der Waals surface area contributed by atoms with Gasteiger partial charge in [-0.3, -0.25) is 4.79 Å². The molecule has 0 bridgehead atoms. The van der Waals surface area contributed by atoms with Crippen molar-refractivity contribution in [2.24, 2.45) is 5.73 Å². The quantitative estimate of drug-likeness (QED) is 0.426. The first-order chi connectivity index (χ1) is 5.31. The van der Waals surface area contributed by atoms with Crippen LogP contribution >= 0.6 is 11.8 Å². The number of rotatable bonds is 5. The van der Waals surface area contributed by atoms with Gasteiger partial charge in [-0.15, -0.1) is 0 Å². The fraction of sp³-hybridized carbons (Fsp3) is 0.667. The van der Waals surface area contributed by atoms with Gasteiger partial charge in [-0.2, -0.15) is 17.0 Å². The largest absolute Gasteiger partial charge is 0.342 e. The lowest BCUT2D eigenvalue weighted by atomic mass is 10.6. The number of nitrogens with one attached hydrogen (secondary N) is 1. The Balaban J connectivity index is 3.17. The molecule has 0 saturated carbocycles. The van der Waals surface area contributed by atoms with Crippen molar-refractivity contribution in [3.8, 4) is 6.07 Å². The zero-order chi connectivity index (χ0) is 8.53. The number of hydrogen-bond acceptors (Lipinski definition) is 4. The number of nitriles is 1. The van der Waals surface area contributed by atoms with Gasteiger partial charge in [0.25, 0.3) is 0 Å². The van der Waals surface area contributed by atoms with E-state index < -0.39 is 0 Å². The first kappa shape index (κ1) is 10.3. The Morgan fingerprint density at radius 2 is 2.45 bits per heavy atom. The van der Waals surface area contributed by atoms with Crippen molar-refractivity contribution in [2.75, 3.05) is 24.6 Å². The highest BCUT2D eigenvalue weighted by molar-refractivity contribution is 7.99. The van der Waals surface area contributed by atoms with Crippen molar-refractivity contribution >= 4 is 17.7 Å². The van der Waals surface area contributed by atoms with E-state index in [2.05, 4.69) is 5.32 Å². The Kier molecular flexibility index (Phi) is 6.89. The second kappa shape index (κ2) is 7.38. The Labute approximate surface area is 70.1 Å². The van der Waals surface area contributed by atoms with E-state index in [0.717, 1.165) is 5.75 Å². The number of thioether (sulfide) groups is 1. The molecule has 0 aliphatic heterocycles. The summed E-state index contributed by atoms with van der Waals surface area (Å²) in [7, 11) is 0. The molecule has 0 aromatic carbocycles. The van der Waals surface area contributed by atoms with Gasteiger partial charge in [0.15, 0.2) is 0 Å². The van der Waals surface area contributed by atoms with Gasteiger partial charge in [0, 0.05) is 12.3 Å². The van der Waals surface area contributed by atoms with Crippen LogP contribution in [0.3, 0.4) is 0 Å².